The molecule has 1 saturated carbocycles. The highest BCUT2D eigenvalue weighted by Crippen LogP contribution is 2.41. The summed E-state index contributed by atoms with van der Waals surface area (Å²) in [4.78, 5) is 17.6. The van der Waals surface area contributed by atoms with Crippen molar-refractivity contribution in [3.63, 3.8) is 0 Å². The maximum absolute atomic E-state index is 13.5. The Kier molecular flexibility index (Phi) is 7.14. The highest BCUT2D eigenvalue weighted by molar-refractivity contribution is 6.64. The number of hydrogen-bond donors (Lipinski definition) is 0. The minimum absolute atomic E-state index is 0.0449. The summed E-state index contributed by atoms with van der Waals surface area (Å²) >= 11 is 5.59. The second-order valence-electron chi connectivity index (χ2n) is 10.3. The third-order valence-electron chi connectivity index (χ3n) is 7.88. The first-order valence-electron chi connectivity index (χ1n) is 12.6. The number of ether oxygens (including phenoxy) is 1. The standard InChI is InChI=1S/C28H30ClF3N2O2/c1-17-20(13-34-14-21(15-34)27(29)35)7-6-19-10-23(8-9-24(17)19)36-16-22-11-25(18-4-2-3-5-18)26(12-33-22)28(30,31)32/h8-12,18,21H,2-7,13-16H2,1H3. The fourth-order valence-electron chi connectivity index (χ4n) is 5.77. The highest BCUT2D eigenvalue weighted by atomic mass is 35.5. The van der Waals surface area contributed by atoms with Gasteiger partial charge >= 0.3 is 6.18 Å². The number of allylic oxidation sites excluding steroid dienone is 1. The number of hydrogen-bond acceptors (Lipinski definition) is 4. The third kappa shape index (κ3) is 5.32. The number of likely N-dealkylation sites (tertiary alicyclic amines) is 1. The Balaban J connectivity index is 1.26. The molecule has 0 bridgehead atoms. The van der Waals surface area contributed by atoms with Crippen LogP contribution >= 0.6 is 11.6 Å². The van der Waals surface area contributed by atoms with Crippen molar-refractivity contribution in [2.24, 2.45) is 5.92 Å². The number of aryl methyl sites for hydroxylation is 1. The molecule has 0 spiro atoms. The number of aromatic nitrogens is 1. The Morgan fingerprint density at radius 3 is 2.61 bits per heavy atom. The summed E-state index contributed by atoms with van der Waals surface area (Å²) in [7, 11) is 0. The summed E-state index contributed by atoms with van der Waals surface area (Å²) in [6.45, 7) is 4.56. The quantitative estimate of drug-likeness (QED) is 0.380. The van der Waals surface area contributed by atoms with Crippen molar-refractivity contribution in [3.8, 4) is 5.75 Å². The van der Waals surface area contributed by atoms with Gasteiger partial charge in [0.25, 0.3) is 0 Å². The molecule has 2 aromatic rings. The molecule has 2 heterocycles. The molecule has 0 radical (unpaired) electrons. The maximum atomic E-state index is 13.5. The van der Waals surface area contributed by atoms with E-state index >= 15 is 0 Å². The maximum Gasteiger partial charge on any atom is 0.418 e. The molecule has 0 N–H and O–H groups in total. The van der Waals surface area contributed by atoms with Crippen molar-refractivity contribution in [2.45, 2.75) is 64.1 Å². The van der Waals surface area contributed by atoms with Crippen LogP contribution in [0, 0.1) is 5.92 Å². The first-order valence-corrected chi connectivity index (χ1v) is 13.0. The van der Waals surface area contributed by atoms with Gasteiger partial charge in [0.2, 0.25) is 5.24 Å². The molecular weight excluding hydrogens is 489 g/mol. The average Bonchev–Trinajstić information content (AvgIpc) is 3.35. The normalized spacial score (nSPS) is 19.4. The molecule has 1 saturated heterocycles. The fourth-order valence-corrected chi connectivity index (χ4v) is 5.91. The molecule has 0 atom stereocenters. The summed E-state index contributed by atoms with van der Waals surface area (Å²) in [6, 6.07) is 7.60. The summed E-state index contributed by atoms with van der Waals surface area (Å²) in [6.07, 6.45) is 1.92. The van der Waals surface area contributed by atoms with Gasteiger partial charge in [-0.25, -0.2) is 0 Å². The van der Waals surface area contributed by atoms with Crippen molar-refractivity contribution in [1.82, 2.24) is 9.88 Å². The van der Waals surface area contributed by atoms with Crippen molar-refractivity contribution in [1.29, 1.82) is 0 Å². The van der Waals surface area contributed by atoms with Crippen LogP contribution in [0.4, 0.5) is 13.2 Å². The Morgan fingerprint density at radius 1 is 1.17 bits per heavy atom. The zero-order valence-electron chi connectivity index (χ0n) is 20.3. The van der Waals surface area contributed by atoms with E-state index in [-0.39, 0.29) is 23.7 Å². The Bertz CT molecular complexity index is 1180. The first kappa shape index (κ1) is 25.3. The van der Waals surface area contributed by atoms with E-state index in [9.17, 15) is 18.0 Å². The largest absolute Gasteiger partial charge is 0.487 e. The van der Waals surface area contributed by atoms with Crippen molar-refractivity contribution in [3.05, 3.63) is 64.0 Å². The lowest BCUT2D eigenvalue weighted by molar-refractivity contribution is -0.138. The molecule has 8 heteroatoms. The second-order valence-corrected chi connectivity index (χ2v) is 10.6. The molecule has 3 aliphatic rings. The monoisotopic (exact) mass is 518 g/mol. The van der Waals surface area contributed by atoms with E-state index in [0.717, 1.165) is 64.4 Å². The van der Waals surface area contributed by atoms with E-state index in [1.165, 1.54) is 22.3 Å². The highest BCUT2D eigenvalue weighted by Gasteiger charge is 2.37. The number of fused-ring (bicyclic) bond motifs is 1. The number of halogens is 4. The number of benzene rings is 1. The van der Waals surface area contributed by atoms with Gasteiger partial charge in [0.1, 0.15) is 12.4 Å². The molecule has 4 nitrogen and oxygen atoms in total. The van der Waals surface area contributed by atoms with Crippen LogP contribution in [-0.4, -0.2) is 34.8 Å². The summed E-state index contributed by atoms with van der Waals surface area (Å²) in [5, 5.41) is -0.250. The van der Waals surface area contributed by atoms with Crippen LogP contribution in [0.3, 0.4) is 0 Å². The first-order chi connectivity index (χ1) is 17.2. The molecule has 5 rings (SSSR count). The van der Waals surface area contributed by atoms with Crippen LogP contribution in [0.2, 0.25) is 0 Å². The minimum Gasteiger partial charge on any atom is -0.487 e. The van der Waals surface area contributed by atoms with E-state index in [0.29, 0.717) is 17.0 Å². The van der Waals surface area contributed by atoms with Crippen LogP contribution in [0.15, 0.2) is 36.0 Å². The van der Waals surface area contributed by atoms with Gasteiger partial charge in [-0.2, -0.15) is 13.2 Å². The Hall–Kier alpha value is -2.38. The Morgan fingerprint density at radius 2 is 1.92 bits per heavy atom. The number of alkyl halides is 3. The van der Waals surface area contributed by atoms with Crippen LogP contribution < -0.4 is 4.74 Å². The molecule has 36 heavy (non-hydrogen) atoms. The predicted molar refractivity (Wildman–Crippen MR) is 133 cm³/mol. The number of nitrogens with zero attached hydrogens (tertiary/aromatic N) is 2. The minimum atomic E-state index is -4.40. The van der Waals surface area contributed by atoms with E-state index in [4.69, 9.17) is 16.3 Å². The fraction of sp³-hybridized carbons (Fsp3) is 0.500. The molecular formula is C28H30ClF3N2O2. The van der Waals surface area contributed by atoms with Gasteiger partial charge in [-0.15, -0.1) is 0 Å². The van der Waals surface area contributed by atoms with E-state index < -0.39 is 11.7 Å². The number of pyridine rings is 1. The summed E-state index contributed by atoms with van der Waals surface area (Å²) in [5.74, 6) is 0.588. The topological polar surface area (TPSA) is 42.4 Å². The summed E-state index contributed by atoms with van der Waals surface area (Å²) in [5.41, 5.74) is 5.30. The van der Waals surface area contributed by atoms with E-state index in [1.54, 1.807) is 6.07 Å². The molecule has 0 unspecified atom stereocenters. The van der Waals surface area contributed by atoms with Crippen molar-refractivity contribution in [2.75, 3.05) is 19.6 Å². The van der Waals surface area contributed by atoms with Gasteiger partial charge in [-0.1, -0.05) is 24.5 Å². The van der Waals surface area contributed by atoms with Crippen molar-refractivity contribution >= 4 is 22.4 Å². The molecule has 1 aliphatic heterocycles. The number of carbonyl (C=O) groups is 1. The number of carbonyl (C=O) groups excluding carboxylic acids is 1. The molecule has 1 aromatic heterocycles. The molecule has 2 aliphatic carbocycles. The van der Waals surface area contributed by atoms with Gasteiger partial charge in [0.15, 0.2) is 0 Å². The van der Waals surface area contributed by atoms with E-state index in [1.807, 2.05) is 12.1 Å². The summed E-state index contributed by atoms with van der Waals surface area (Å²) < 4.78 is 46.6. The zero-order valence-corrected chi connectivity index (χ0v) is 21.1. The van der Waals surface area contributed by atoms with Crippen LogP contribution in [0.5, 0.6) is 5.75 Å². The zero-order chi connectivity index (χ0) is 25.4. The second kappa shape index (κ2) is 10.2. The van der Waals surface area contributed by atoms with Crippen LogP contribution in [-0.2, 0) is 24.0 Å². The smallest absolute Gasteiger partial charge is 0.418 e. The lowest BCUT2D eigenvalue weighted by Crippen LogP contribution is -2.49. The van der Waals surface area contributed by atoms with Crippen LogP contribution in [0.1, 0.15) is 72.9 Å². The lowest BCUT2D eigenvalue weighted by atomic mass is 9.85. The van der Waals surface area contributed by atoms with Crippen LogP contribution in [0.25, 0.3) is 5.57 Å². The van der Waals surface area contributed by atoms with Gasteiger partial charge in [-0.3, -0.25) is 14.7 Å². The van der Waals surface area contributed by atoms with Crippen molar-refractivity contribution < 1.29 is 22.7 Å². The van der Waals surface area contributed by atoms with Gasteiger partial charge in [0.05, 0.1) is 17.2 Å². The molecule has 192 valence electrons. The van der Waals surface area contributed by atoms with E-state index in [2.05, 4.69) is 22.9 Å². The molecule has 2 fully saturated rings. The average molecular weight is 519 g/mol. The Labute approximate surface area is 214 Å². The lowest BCUT2D eigenvalue weighted by Gasteiger charge is -2.38. The predicted octanol–water partition coefficient (Wildman–Crippen LogP) is 6.75. The van der Waals surface area contributed by atoms with Gasteiger partial charge < -0.3 is 4.74 Å². The number of rotatable bonds is 7. The SMILES string of the molecule is CC1=C(CN2CC(C(=O)Cl)C2)CCc2cc(OCc3cc(C4CCCC4)c(C(F)(F)F)cn3)ccc21. The third-order valence-corrected chi connectivity index (χ3v) is 8.19. The molecule has 0 amide bonds. The van der Waals surface area contributed by atoms with Gasteiger partial charge in [-0.05, 0) is 90.6 Å². The van der Waals surface area contributed by atoms with Gasteiger partial charge in [0, 0.05) is 25.8 Å². The molecule has 1 aromatic carbocycles.